The molecule has 0 spiro atoms. The van der Waals surface area contributed by atoms with Crippen LogP contribution in [0.15, 0.2) is 59.5 Å². The van der Waals surface area contributed by atoms with Crippen LogP contribution in [0.2, 0.25) is 0 Å². The number of anilines is 1. The third-order valence-corrected chi connectivity index (χ3v) is 4.32. The van der Waals surface area contributed by atoms with E-state index in [-0.39, 0.29) is 17.5 Å². The second-order valence-corrected chi connectivity index (χ2v) is 6.42. The number of rotatable bonds is 4. The van der Waals surface area contributed by atoms with Crippen LogP contribution in [-0.2, 0) is 4.74 Å². The fraction of sp³-hybridized carbons (Fsp3) is 0.190. The van der Waals surface area contributed by atoms with Crippen molar-refractivity contribution in [2.24, 2.45) is 0 Å². The molecule has 6 nitrogen and oxygen atoms in total. The zero-order valence-electron chi connectivity index (χ0n) is 15.4. The van der Waals surface area contributed by atoms with Crippen molar-refractivity contribution in [2.75, 3.05) is 12.4 Å². The van der Waals surface area contributed by atoms with Crippen molar-refractivity contribution < 1.29 is 14.3 Å². The Morgan fingerprint density at radius 3 is 2.22 bits per heavy atom. The molecule has 1 N–H and O–H groups in total. The molecule has 3 rings (SSSR count). The predicted molar refractivity (Wildman–Crippen MR) is 104 cm³/mol. The maximum absolute atomic E-state index is 12.9. The Hall–Kier alpha value is -3.41. The molecule has 138 valence electrons. The number of aromatic nitrogens is 1. The Kier molecular flexibility index (Phi) is 5.07. The fourth-order valence-corrected chi connectivity index (χ4v) is 2.88. The number of pyridine rings is 1. The highest BCUT2D eigenvalue weighted by Crippen LogP contribution is 2.19. The molecule has 2 aromatic carbocycles. The summed E-state index contributed by atoms with van der Waals surface area (Å²) in [6.45, 7) is 3.78. The first-order valence-corrected chi connectivity index (χ1v) is 8.56. The lowest BCUT2D eigenvalue weighted by Crippen LogP contribution is -2.25. The molecule has 1 amide bonds. The number of nitrogens with one attached hydrogen (secondary N) is 1. The fourth-order valence-electron chi connectivity index (χ4n) is 2.88. The molecule has 1 heterocycles. The molecule has 0 unspecified atom stereocenters. The normalized spacial score (nSPS) is 10.8. The number of benzene rings is 2. The Balaban J connectivity index is 1.99. The first-order chi connectivity index (χ1) is 12.9. The lowest BCUT2D eigenvalue weighted by Gasteiger charge is -2.15. The quantitative estimate of drug-likeness (QED) is 0.717. The monoisotopic (exact) mass is 364 g/mol. The van der Waals surface area contributed by atoms with Crippen molar-refractivity contribution in [1.29, 1.82) is 0 Å². The van der Waals surface area contributed by atoms with E-state index in [9.17, 15) is 14.4 Å². The van der Waals surface area contributed by atoms with Gasteiger partial charge in [0, 0.05) is 28.7 Å². The zero-order chi connectivity index (χ0) is 19.6. The SMILES string of the molecule is COC(=O)c1ccc(NC(=O)c2cn(C(C)C)c(=O)c3ccccc23)cc1. The minimum atomic E-state index is -0.442. The molecule has 0 radical (unpaired) electrons. The third-order valence-electron chi connectivity index (χ3n) is 4.32. The summed E-state index contributed by atoms with van der Waals surface area (Å²) in [7, 11) is 1.31. The number of methoxy groups -OCH3 is 1. The molecule has 0 aliphatic heterocycles. The maximum Gasteiger partial charge on any atom is 0.337 e. The summed E-state index contributed by atoms with van der Waals surface area (Å²) in [5.74, 6) is -0.769. The van der Waals surface area contributed by atoms with Gasteiger partial charge >= 0.3 is 5.97 Å². The number of carbonyl (C=O) groups is 2. The van der Waals surface area contributed by atoms with E-state index in [1.165, 1.54) is 7.11 Å². The summed E-state index contributed by atoms with van der Waals surface area (Å²) in [5.41, 5.74) is 1.23. The van der Waals surface area contributed by atoms with Gasteiger partial charge in [0.1, 0.15) is 0 Å². The van der Waals surface area contributed by atoms with E-state index >= 15 is 0 Å². The van der Waals surface area contributed by atoms with E-state index in [0.29, 0.717) is 27.6 Å². The van der Waals surface area contributed by atoms with E-state index in [0.717, 1.165) is 0 Å². The van der Waals surface area contributed by atoms with Gasteiger partial charge in [-0.15, -0.1) is 0 Å². The number of amides is 1. The smallest absolute Gasteiger partial charge is 0.337 e. The molecule has 0 aliphatic carbocycles. The molecule has 0 fully saturated rings. The molecule has 0 saturated heterocycles. The molecule has 1 aromatic heterocycles. The summed E-state index contributed by atoms with van der Waals surface area (Å²) in [5, 5.41) is 3.91. The van der Waals surface area contributed by atoms with Crippen LogP contribution >= 0.6 is 0 Å². The Morgan fingerprint density at radius 2 is 1.63 bits per heavy atom. The van der Waals surface area contributed by atoms with Crippen LogP contribution in [0.25, 0.3) is 10.8 Å². The molecular weight excluding hydrogens is 344 g/mol. The van der Waals surface area contributed by atoms with Crippen LogP contribution in [-0.4, -0.2) is 23.6 Å². The Bertz CT molecular complexity index is 1070. The molecule has 3 aromatic rings. The summed E-state index contributed by atoms with van der Waals surface area (Å²) < 4.78 is 6.22. The van der Waals surface area contributed by atoms with Crippen molar-refractivity contribution >= 4 is 28.3 Å². The largest absolute Gasteiger partial charge is 0.465 e. The Morgan fingerprint density at radius 1 is 1.00 bits per heavy atom. The van der Waals surface area contributed by atoms with Gasteiger partial charge in [0.2, 0.25) is 0 Å². The minimum absolute atomic E-state index is 0.0759. The number of nitrogens with zero attached hydrogens (tertiary/aromatic N) is 1. The zero-order valence-corrected chi connectivity index (χ0v) is 15.4. The number of hydrogen-bond donors (Lipinski definition) is 1. The highest BCUT2D eigenvalue weighted by molar-refractivity contribution is 6.12. The Labute approximate surface area is 156 Å². The highest BCUT2D eigenvalue weighted by Gasteiger charge is 2.16. The summed E-state index contributed by atoms with van der Waals surface area (Å²) in [6, 6.07) is 13.4. The molecule has 27 heavy (non-hydrogen) atoms. The van der Waals surface area contributed by atoms with Crippen molar-refractivity contribution in [3.8, 4) is 0 Å². The standard InChI is InChI=1S/C21H20N2O4/c1-13(2)23-12-18(16-6-4-5-7-17(16)20(23)25)19(24)22-15-10-8-14(9-11-15)21(26)27-3/h4-13H,1-3H3,(H,22,24). The minimum Gasteiger partial charge on any atom is -0.465 e. The summed E-state index contributed by atoms with van der Waals surface area (Å²) in [4.78, 5) is 37.0. The lowest BCUT2D eigenvalue weighted by atomic mass is 10.1. The van der Waals surface area contributed by atoms with Crippen molar-refractivity contribution in [3.05, 3.63) is 76.2 Å². The van der Waals surface area contributed by atoms with Crippen LogP contribution in [0.4, 0.5) is 5.69 Å². The number of hydrogen-bond acceptors (Lipinski definition) is 4. The van der Waals surface area contributed by atoms with Gasteiger partial charge in [0.05, 0.1) is 18.2 Å². The second-order valence-electron chi connectivity index (χ2n) is 6.42. The first kappa shape index (κ1) is 18.4. The van der Waals surface area contributed by atoms with Crippen molar-refractivity contribution in [1.82, 2.24) is 4.57 Å². The average molecular weight is 364 g/mol. The topological polar surface area (TPSA) is 77.4 Å². The van der Waals surface area contributed by atoms with Gasteiger partial charge in [-0.1, -0.05) is 18.2 Å². The van der Waals surface area contributed by atoms with Crippen LogP contribution < -0.4 is 10.9 Å². The third kappa shape index (κ3) is 3.60. The van der Waals surface area contributed by atoms with Crippen LogP contribution in [0, 0.1) is 0 Å². The van der Waals surface area contributed by atoms with Crippen molar-refractivity contribution in [2.45, 2.75) is 19.9 Å². The van der Waals surface area contributed by atoms with Gasteiger partial charge in [-0.25, -0.2) is 4.79 Å². The number of fused-ring (bicyclic) bond motifs is 1. The van der Waals surface area contributed by atoms with Gasteiger partial charge in [0.25, 0.3) is 11.5 Å². The molecule has 6 heteroatoms. The van der Waals surface area contributed by atoms with Crippen molar-refractivity contribution in [3.63, 3.8) is 0 Å². The van der Waals surface area contributed by atoms with E-state index in [1.54, 1.807) is 59.3 Å². The van der Waals surface area contributed by atoms with Crippen LogP contribution in [0.3, 0.4) is 0 Å². The van der Waals surface area contributed by atoms with Crippen LogP contribution in [0.1, 0.15) is 40.6 Å². The van der Waals surface area contributed by atoms with E-state index in [2.05, 4.69) is 10.1 Å². The average Bonchev–Trinajstić information content (AvgIpc) is 2.68. The van der Waals surface area contributed by atoms with Gasteiger partial charge in [0.15, 0.2) is 0 Å². The van der Waals surface area contributed by atoms with E-state index < -0.39 is 5.97 Å². The van der Waals surface area contributed by atoms with Crippen LogP contribution in [0.5, 0.6) is 0 Å². The van der Waals surface area contributed by atoms with E-state index in [1.807, 2.05) is 13.8 Å². The molecule has 0 saturated carbocycles. The number of esters is 1. The number of carbonyl (C=O) groups excluding carboxylic acids is 2. The van der Waals surface area contributed by atoms with Gasteiger partial charge in [-0.05, 0) is 44.2 Å². The second kappa shape index (κ2) is 7.45. The predicted octanol–water partition coefficient (Wildman–Crippen LogP) is 3.62. The van der Waals surface area contributed by atoms with Gasteiger partial charge < -0.3 is 14.6 Å². The molecular formula is C21H20N2O4. The van der Waals surface area contributed by atoms with Gasteiger partial charge in [-0.3, -0.25) is 9.59 Å². The van der Waals surface area contributed by atoms with Gasteiger partial charge in [-0.2, -0.15) is 0 Å². The first-order valence-electron chi connectivity index (χ1n) is 8.56. The number of ether oxygens (including phenoxy) is 1. The van der Waals surface area contributed by atoms with E-state index in [4.69, 9.17) is 0 Å². The summed E-state index contributed by atoms with van der Waals surface area (Å²) in [6.07, 6.45) is 1.59. The lowest BCUT2D eigenvalue weighted by molar-refractivity contribution is 0.0600. The molecule has 0 atom stereocenters. The molecule has 0 bridgehead atoms. The molecule has 0 aliphatic rings. The summed E-state index contributed by atoms with van der Waals surface area (Å²) >= 11 is 0. The maximum atomic E-state index is 12.9. The highest BCUT2D eigenvalue weighted by atomic mass is 16.5.